The third-order valence-corrected chi connectivity index (χ3v) is 5.94. The van der Waals surface area contributed by atoms with Crippen LogP contribution in [0.15, 0.2) is 42.5 Å². The average molecular weight is 479 g/mol. The summed E-state index contributed by atoms with van der Waals surface area (Å²) in [4.78, 5) is 40.1. The lowest BCUT2D eigenvalue weighted by Crippen LogP contribution is -2.56. The highest BCUT2D eigenvalue weighted by molar-refractivity contribution is 6.34. The summed E-state index contributed by atoms with van der Waals surface area (Å²) in [6.45, 7) is 6.04. The number of hydrogen-bond donors (Lipinski definition) is 1. The van der Waals surface area contributed by atoms with Crippen LogP contribution < -0.4 is 10.2 Å². The van der Waals surface area contributed by atoms with Crippen LogP contribution in [0.3, 0.4) is 0 Å². The second-order valence-corrected chi connectivity index (χ2v) is 8.75. The Kier molecular flexibility index (Phi) is 7.58. The van der Waals surface area contributed by atoms with E-state index in [1.54, 1.807) is 4.90 Å². The summed E-state index contributed by atoms with van der Waals surface area (Å²) in [6.07, 6.45) is 0. The zero-order valence-corrected chi connectivity index (χ0v) is 19.3. The summed E-state index contributed by atoms with van der Waals surface area (Å²) in [6, 6.07) is 10.5. The van der Waals surface area contributed by atoms with Gasteiger partial charge in [0.05, 0.1) is 15.5 Å². The molecular weight excluding hydrogens is 455 g/mol. The maximum absolute atomic E-state index is 13.2. The smallest absolute Gasteiger partial charge is 0.270 e. The molecule has 1 N–H and O–H groups in total. The Morgan fingerprint density at radius 1 is 1.06 bits per heavy atom. The number of nitrogens with zero attached hydrogens (tertiary/aromatic N) is 3. The van der Waals surface area contributed by atoms with Crippen LogP contribution in [-0.2, 0) is 4.79 Å². The quantitative estimate of drug-likeness (QED) is 0.499. The van der Waals surface area contributed by atoms with Crippen molar-refractivity contribution in [3.63, 3.8) is 0 Å². The van der Waals surface area contributed by atoms with Gasteiger partial charge in [-0.25, -0.2) is 0 Å². The molecule has 0 radical (unpaired) electrons. The number of carbonyl (C=O) groups excluding carboxylic acids is 2. The summed E-state index contributed by atoms with van der Waals surface area (Å²) in [5.74, 6) is -0.874. The summed E-state index contributed by atoms with van der Waals surface area (Å²) in [5, 5.41) is 14.3. The largest absolute Gasteiger partial charge is 0.368 e. The Hall–Kier alpha value is -2.84. The minimum atomic E-state index is -0.744. The summed E-state index contributed by atoms with van der Waals surface area (Å²) in [7, 11) is 0. The summed E-state index contributed by atoms with van der Waals surface area (Å²) < 4.78 is 0. The van der Waals surface area contributed by atoms with Crippen molar-refractivity contribution in [2.75, 3.05) is 31.1 Å². The van der Waals surface area contributed by atoms with E-state index >= 15 is 0 Å². The van der Waals surface area contributed by atoms with Crippen LogP contribution in [0, 0.1) is 16.0 Å². The molecule has 1 aliphatic rings. The summed E-state index contributed by atoms with van der Waals surface area (Å²) in [5.41, 5.74) is 0.883. The third kappa shape index (κ3) is 5.49. The molecule has 8 nitrogen and oxygen atoms in total. The highest BCUT2D eigenvalue weighted by atomic mass is 35.5. The molecular formula is C22H24Cl2N4O4. The molecule has 2 aromatic rings. The highest BCUT2D eigenvalue weighted by Gasteiger charge is 2.31. The monoisotopic (exact) mass is 478 g/mol. The second-order valence-electron chi connectivity index (χ2n) is 7.91. The van der Waals surface area contributed by atoms with Gasteiger partial charge in [-0.1, -0.05) is 43.1 Å². The SMILES string of the molecule is CC(C)[C@H](NC(=O)c1ccc([N+](=O)[O-])cc1Cl)C(=O)N1CCN(c2cccc(Cl)c2)CC1. The number of benzene rings is 2. The van der Waals surface area contributed by atoms with Gasteiger partial charge in [0.15, 0.2) is 0 Å². The molecule has 0 bridgehead atoms. The highest BCUT2D eigenvalue weighted by Crippen LogP contribution is 2.24. The van der Waals surface area contributed by atoms with Crippen molar-refractivity contribution in [3.8, 4) is 0 Å². The molecule has 3 rings (SSSR count). The number of nitro benzene ring substituents is 1. The normalized spacial score (nSPS) is 14.9. The zero-order chi connectivity index (χ0) is 23.4. The number of carbonyl (C=O) groups is 2. The Bertz CT molecular complexity index is 1020. The molecule has 0 aliphatic carbocycles. The van der Waals surface area contributed by atoms with Crippen LogP contribution >= 0.6 is 23.2 Å². The van der Waals surface area contributed by atoms with Crippen molar-refractivity contribution in [3.05, 3.63) is 68.2 Å². The van der Waals surface area contributed by atoms with Gasteiger partial charge in [-0.3, -0.25) is 19.7 Å². The summed E-state index contributed by atoms with van der Waals surface area (Å²) >= 11 is 12.1. The van der Waals surface area contributed by atoms with Crippen molar-refractivity contribution in [1.29, 1.82) is 0 Å². The molecule has 1 atom stereocenters. The van der Waals surface area contributed by atoms with E-state index in [2.05, 4.69) is 10.2 Å². The van der Waals surface area contributed by atoms with Gasteiger partial charge in [0.1, 0.15) is 6.04 Å². The Morgan fingerprint density at radius 2 is 1.75 bits per heavy atom. The number of rotatable bonds is 6. The molecule has 0 spiro atoms. The molecule has 1 fully saturated rings. The molecule has 2 amide bonds. The van der Waals surface area contributed by atoms with Crippen LogP contribution in [0.1, 0.15) is 24.2 Å². The number of anilines is 1. The van der Waals surface area contributed by atoms with Crippen molar-refractivity contribution >= 4 is 46.4 Å². The molecule has 0 aromatic heterocycles. The number of piperazine rings is 1. The van der Waals surface area contributed by atoms with E-state index in [1.165, 1.54) is 12.1 Å². The minimum absolute atomic E-state index is 0.0400. The predicted molar refractivity (Wildman–Crippen MR) is 124 cm³/mol. The van der Waals surface area contributed by atoms with E-state index in [9.17, 15) is 19.7 Å². The molecule has 10 heteroatoms. The Balaban J connectivity index is 1.66. The fourth-order valence-electron chi connectivity index (χ4n) is 3.59. The van der Waals surface area contributed by atoms with Crippen LogP contribution in [0.4, 0.5) is 11.4 Å². The van der Waals surface area contributed by atoms with Crippen LogP contribution in [0.25, 0.3) is 0 Å². The Morgan fingerprint density at radius 3 is 2.31 bits per heavy atom. The van der Waals surface area contributed by atoms with E-state index in [-0.39, 0.29) is 28.1 Å². The van der Waals surface area contributed by atoms with Crippen molar-refractivity contribution in [2.24, 2.45) is 5.92 Å². The van der Waals surface area contributed by atoms with Gasteiger partial charge in [0.25, 0.3) is 11.6 Å². The number of non-ortho nitro benzene ring substituents is 1. The van der Waals surface area contributed by atoms with E-state index in [0.717, 1.165) is 11.8 Å². The number of halogens is 2. The van der Waals surface area contributed by atoms with E-state index in [4.69, 9.17) is 23.2 Å². The lowest BCUT2D eigenvalue weighted by molar-refractivity contribution is -0.384. The zero-order valence-electron chi connectivity index (χ0n) is 17.8. The van der Waals surface area contributed by atoms with Gasteiger partial charge >= 0.3 is 0 Å². The van der Waals surface area contributed by atoms with Crippen LogP contribution in [0.5, 0.6) is 0 Å². The van der Waals surface area contributed by atoms with Gasteiger partial charge in [-0.15, -0.1) is 0 Å². The predicted octanol–water partition coefficient (Wildman–Crippen LogP) is 4.00. The maximum atomic E-state index is 13.2. The number of hydrogen-bond acceptors (Lipinski definition) is 5. The standard InChI is InChI=1S/C22H24Cl2N4O4/c1-14(2)20(25-21(29)18-7-6-17(28(31)32)13-19(18)24)22(30)27-10-8-26(9-11-27)16-5-3-4-15(23)12-16/h3-7,12-14,20H,8-11H2,1-2H3,(H,25,29)/t20-/m0/s1. The van der Waals surface area contributed by atoms with Crippen molar-refractivity contribution < 1.29 is 14.5 Å². The molecule has 0 saturated carbocycles. The Labute approximate surface area is 196 Å². The lowest BCUT2D eigenvalue weighted by atomic mass is 10.0. The average Bonchev–Trinajstić information content (AvgIpc) is 2.76. The first kappa shape index (κ1) is 23.8. The van der Waals surface area contributed by atoms with Gasteiger partial charge in [0, 0.05) is 49.0 Å². The number of nitro groups is 1. The van der Waals surface area contributed by atoms with E-state index < -0.39 is 16.9 Å². The molecule has 1 saturated heterocycles. The molecule has 2 aromatic carbocycles. The number of amides is 2. The van der Waals surface area contributed by atoms with Gasteiger partial charge in [-0.05, 0) is 30.2 Å². The number of nitrogens with one attached hydrogen (secondary N) is 1. The van der Waals surface area contributed by atoms with Crippen LogP contribution in [-0.4, -0.2) is 53.9 Å². The third-order valence-electron chi connectivity index (χ3n) is 5.39. The first-order valence-corrected chi connectivity index (χ1v) is 11.0. The molecule has 0 unspecified atom stereocenters. The molecule has 170 valence electrons. The fourth-order valence-corrected chi connectivity index (χ4v) is 4.03. The molecule has 1 aliphatic heterocycles. The molecule has 32 heavy (non-hydrogen) atoms. The fraction of sp³-hybridized carbons (Fsp3) is 0.364. The van der Waals surface area contributed by atoms with Crippen molar-refractivity contribution in [1.82, 2.24) is 10.2 Å². The first-order valence-electron chi connectivity index (χ1n) is 10.2. The lowest BCUT2D eigenvalue weighted by Gasteiger charge is -2.38. The van der Waals surface area contributed by atoms with E-state index in [0.29, 0.717) is 31.2 Å². The van der Waals surface area contributed by atoms with Crippen molar-refractivity contribution in [2.45, 2.75) is 19.9 Å². The van der Waals surface area contributed by atoms with Gasteiger partial charge < -0.3 is 15.1 Å². The second kappa shape index (κ2) is 10.2. The molecule has 1 heterocycles. The van der Waals surface area contributed by atoms with E-state index in [1.807, 2.05) is 38.1 Å². The topological polar surface area (TPSA) is 95.8 Å². The van der Waals surface area contributed by atoms with Crippen LogP contribution in [0.2, 0.25) is 10.0 Å². The van der Waals surface area contributed by atoms with Gasteiger partial charge in [-0.2, -0.15) is 0 Å². The maximum Gasteiger partial charge on any atom is 0.270 e. The minimum Gasteiger partial charge on any atom is -0.368 e. The van der Waals surface area contributed by atoms with Gasteiger partial charge in [0.2, 0.25) is 5.91 Å². The first-order chi connectivity index (χ1) is 15.2.